The van der Waals surface area contributed by atoms with E-state index in [9.17, 15) is 29.1 Å². The van der Waals surface area contributed by atoms with Crippen LogP contribution in [0.4, 0.5) is 0 Å². The molecule has 2 bridgehead atoms. The van der Waals surface area contributed by atoms with Gasteiger partial charge in [0.2, 0.25) is 0 Å². The molecule has 3 aliphatic rings. The number of hydrogen-bond donors (Lipinski definition) is 4. The van der Waals surface area contributed by atoms with Crippen molar-refractivity contribution in [1.82, 2.24) is 0 Å². The lowest BCUT2D eigenvalue weighted by atomic mass is 9.98. The van der Waals surface area contributed by atoms with E-state index in [1.807, 2.05) is 0 Å². The number of phosphoric acid groups is 2. The molecule has 0 saturated carbocycles. The van der Waals surface area contributed by atoms with E-state index < -0.39 is 84.1 Å². The largest absolute Gasteiger partial charge is 0.472 e. The maximum absolute atomic E-state index is 12.3. The lowest BCUT2D eigenvalue weighted by Crippen LogP contribution is -2.35. The molecule has 3 fully saturated rings. The molecular weight excluding hydrogens is 410 g/mol. The topological polar surface area (TPSA) is 170 Å². The lowest BCUT2D eigenvalue weighted by Gasteiger charge is -2.25. The summed E-state index contributed by atoms with van der Waals surface area (Å²) < 4.78 is 55.5. The zero-order chi connectivity index (χ0) is 20.0. The summed E-state index contributed by atoms with van der Waals surface area (Å²) in [6.45, 7) is 1.66. The molecule has 0 aromatic rings. The molecule has 14 heteroatoms. The van der Waals surface area contributed by atoms with Crippen LogP contribution in [0.2, 0.25) is 0 Å². The molecule has 3 aliphatic heterocycles. The van der Waals surface area contributed by atoms with Crippen LogP contribution in [0.1, 0.15) is 13.8 Å². The van der Waals surface area contributed by atoms with Crippen LogP contribution in [0.15, 0.2) is 0 Å². The average Bonchev–Trinajstić information content (AvgIpc) is 3.00. The Hall–Kier alpha value is 0.0600. The number of hydrogen-bond acceptors (Lipinski definition) is 10. The first-order valence-corrected chi connectivity index (χ1v) is 11.4. The number of aliphatic hydroxyl groups is 2. The van der Waals surface area contributed by atoms with E-state index in [0.29, 0.717) is 0 Å². The van der Waals surface area contributed by atoms with Gasteiger partial charge in [0.15, 0.2) is 0 Å². The van der Waals surface area contributed by atoms with Crippen LogP contribution in [0.5, 0.6) is 0 Å². The van der Waals surface area contributed by atoms with Gasteiger partial charge in [-0.3, -0.25) is 18.1 Å². The first-order chi connectivity index (χ1) is 12.5. The summed E-state index contributed by atoms with van der Waals surface area (Å²) in [5, 5.41) is 19.8. The molecule has 27 heavy (non-hydrogen) atoms. The molecule has 10 atom stereocenters. The monoisotopic (exact) mass is 434 g/mol. The summed E-state index contributed by atoms with van der Waals surface area (Å²) in [6, 6.07) is 0. The van der Waals surface area contributed by atoms with E-state index >= 15 is 0 Å². The second kappa shape index (κ2) is 8.06. The molecule has 4 N–H and O–H groups in total. The van der Waals surface area contributed by atoms with Crippen molar-refractivity contribution in [2.75, 3.05) is 19.8 Å². The zero-order valence-corrected chi connectivity index (χ0v) is 16.5. The van der Waals surface area contributed by atoms with E-state index in [4.69, 9.17) is 27.6 Å². The minimum Gasteiger partial charge on any atom is -0.396 e. The van der Waals surface area contributed by atoms with Crippen molar-refractivity contribution >= 4 is 15.6 Å². The number of phosphoric ester groups is 2. The summed E-state index contributed by atoms with van der Waals surface area (Å²) in [5.74, 6) is -0.690. The molecule has 158 valence electrons. The Morgan fingerprint density at radius 3 is 2.00 bits per heavy atom. The van der Waals surface area contributed by atoms with Crippen molar-refractivity contribution in [3.8, 4) is 0 Å². The number of fused-ring (bicyclic) bond motifs is 3. The normalized spacial score (nSPS) is 54.6. The Kier molecular flexibility index (Phi) is 6.50. The van der Waals surface area contributed by atoms with Crippen molar-refractivity contribution in [2.24, 2.45) is 5.92 Å². The molecule has 12 nitrogen and oxygen atoms in total. The van der Waals surface area contributed by atoms with Crippen LogP contribution in [0.25, 0.3) is 0 Å². The van der Waals surface area contributed by atoms with Gasteiger partial charge in [-0.2, -0.15) is 0 Å². The van der Waals surface area contributed by atoms with Crippen LogP contribution in [-0.2, 0) is 36.7 Å². The van der Waals surface area contributed by atoms with Gasteiger partial charge in [-0.05, 0) is 13.8 Å². The summed E-state index contributed by atoms with van der Waals surface area (Å²) in [4.78, 5) is 20.0. The summed E-state index contributed by atoms with van der Waals surface area (Å²) in [7, 11) is -9.23. The van der Waals surface area contributed by atoms with Crippen LogP contribution < -0.4 is 0 Å². The zero-order valence-electron chi connectivity index (χ0n) is 14.7. The Balaban J connectivity index is 1.86. The molecule has 10 unspecified atom stereocenters. The third kappa shape index (κ3) is 4.80. The van der Waals surface area contributed by atoms with Gasteiger partial charge < -0.3 is 29.5 Å². The minimum absolute atomic E-state index is 0.417. The Morgan fingerprint density at radius 2 is 1.41 bits per heavy atom. The number of rotatable bonds is 1. The van der Waals surface area contributed by atoms with E-state index in [1.54, 1.807) is 6.92 Å². The van der Waals surface area contributed by atoms with Gasteiger partial charge in [-0.15, -0.1) is 0 Å². The smallest absolute Gasteiger partial charge is 0.396 e. The molecule has 3 rings (SSSR count). The Labute approximate surface area is 155 Å². The third-order valence-corrected chi connectivity index (χ3v) is 6.85. The Bertz CT molecular complexity index is 630. The van der Waals surface area contributed by atoms with Crippen molar-refractivity contribution in [2.45, 2.75) is 56.6 Å². The minimum atomic E-state index is -4.62. The second-order valence-corrected chi connectivity index (χ2v) is 9.58. The van der Waals surface area contributed by atoms with Gasteiger partial charge in [0, 0.05) is 5.92 Å². The molecule has 0 spiro atoms. The molecular formula is C13H24O12P2. The lowest BCUT2D eigenvalue weighted by molar-refractivity contribution is -0.0387. The highest BCUT2D eigenvalue weighted by molar-refractivity contribution is 7.47. The van der Waals surface area contributed by atoms with Gasteiger partial charge >= 0.3 is 15.6 Å². The first-order valence-electron chi connectivity index (χ1n) is 8.44. The fourth-order valence-corrected chi connectivity index (χ4v) is 5.44. The van der Waals surface area contributed by atoms with Crippen LogP contribution in [-0.4, -0.2) is 82.5 Å². The first kappa shape index (κ1) is 21.8. The van der Waals surface area contributed by atoms with E-state index in [2.05, 4.69) is 0 Å². The molecule has 0 aromatic heterocycles. The number of ether oxygens (including phenoxy) is 2. The standard InChI is InChI=1S/C13H24O12P2/c1-6-8(3-14)13-10(22-6)5-21-26(16,17)24-12-7(2)23-9(11(12)15)4-20-27(18,19)25-13/h6-15H,3-5H2,1-2H3,(H,16,17)(H,18,19). The maximum atomic E-state index is 12.3. The molecule has 0 aliphatic carbocycles. The highest BCUT2D eigenvalue weighted by Crippen LogP contribution is 2.52. The van der Waals surface area contributed by atoms with Gasteiger partial charge in [-0.25, -0.2) is 9.13 Å². The van der Waals surface area contributed by atoms with Gasteiger partial charge in [-0.1, -0.05) is 0 Å². The predicted octanol–water partition coefficient (Wildman–Crippen LogP) is -0.452. The average molecular weight is 434 g/mol. The van der Waals surface area contributed by atoms with Crippen molar-refractivity contribution in [3.05, 3.63) is 0 Å². The summed E-state index contributed by atoms with van der Waals surface area (Å²) in [6.07, 6.45) is -7.22. The molecule has 3 saturated heterocycles. The fraction of sp³-hybridized carbons (Fsp3) is 1.00. The quantitative estimate of drug-likeness (QED) is 0.393. The maximum Gasteiger partial charge on any atom is 0.472 e. The van der Waals surface area contributed by atoms with Crippen LogP contribution >= 0.6 is 15.6 Å². The van der Waals surface area contributed by atoms with E-state index in [1.165, 1.54) is 6.92 Å². The van der Waals surface area contributed by atoms with E-state index in [-0.39, 0.29) is 0 Å². The summed E-state index contributed by atoms with van der Waals surface area (Å²) in [5.41, 5.74) is 0. The van der Waals surface area contributed by atoms with E-state index in [0.717, 1.165) is 0 Å². The predicted molar refractivity (Wildman–Crippen MR) is 86.6 cm³/mol. The Morgan fingerprint density at radius 1 is 0.889 bits per heavy atom. The third-order valence-electron chi connectivity index (χ3n) is 4.87. The number of aliphatic hydroxyl groups excluding tert-OH is 2. The SMILES string of the molecule is CC1OC2COP(=O)(O)OC3C(C)OC(COP(=O)(O)OC2C1CO)C3O. The fourth-order valence-electron chi connectivity index (χ4n) is 3.44. The van der Waals surface area contributed by atoms with Crippen molar-refractivity contribution in [1.29, 1.82) is 0 Å². The van der Waals surface area contributed by atoms with Crippen molar-refractivity contribution < 1.29 is 56.7 Å². The highest BCUT2D eigenvalue weighted by atomic mass is 31.2. The molecule has 0 radical (unpaired) electrons. The molecule has 0 amide bonds. The second-order valence-electron chi connectivity index (χ2n) is 6.77. The highest BCUT2D eigenvalue weighted by Gasteiger charge is 2.51. The molecule has 0 aromatic carbocycles. The van der Waals surface area contributed by atoms with Crippen LogP contribution in [0, 0.1) is 5.92 Å². The van der Waals surface area contributed by atoms with Gasteiger partial charge in [0.1, 0.15) is 30.5 Å². The summed E-state index contributed by atoms with van der Waals surface area (Å²) >= 11 is 0. The van der Waals surface area contributed by atoms with Gasteiger partial charge in [0.25, 0.3) is 0 Å². The van der Waals surface area contributed by atoms with Gasteiger partial charge in [0.05, 0.1) is 32.0 Å². The van der Waals surface area contributed by atoms with Crippen LogP contribution in [0.3, 0.4) is 0 Å². The van der Waals surface area contributed by atoms with Crippen molar-refractivity contribution in [3.63, 3.8) is 0 Å². The molecule has 3 heterocycles.